The van der Waals surface area contributed by atoms with Gasteiger partial charge in [-0.05, 0) is 49.7 Å². The number of aliphatic hydroxyl groups is 1. The van der Waals surface area contributed by atoms with Crippen LogP contribution in [-0.4, -0.2) is 69.2 Å². The van der Waals surface area contributed by atoms with E-state index in [1.54, 1.807) is 19.3 Å². The summed E-state index contributed by atoms with van der Waals surface area (Å²) in [6.07, 6.45) is 5.43. The first-order valence-electron chi connectivity index (χ1n) is 12.1. The van der Waals surface area contributed by atoms with Crippen LogP contribution in [0.2, 0.25) is 0 Å². The van der Waals surface area contributed by atoms with Crippen LogP contribution in [0.5, 0.6) is 0 Å². The Hall–Kier alpha value is -2.55. The number of benzene rings is 1. The SMILES string of the molecule is CC(=O)N1CCC(c2cc(-c3cncc([C@@](O)(c4ccc(Br)cc4)C4(C)CN(C)C4)c3)n[nH]2)CC1. The van der Waals surface area contributed by atoms with Crippen LogP contribution in [0.25, 0.3) is 11.3 Å². The Kier molecular flexibility index (Phi) is 6.32. The van der Waals surface area contributed by atoms with Gasteiger partial charge in [-0.2, -0.15) is 5.10 Å². The highest BCUT2D eigenvalue weighted by Gasteiger charge is 2.55. The quantitative estimate of drug-likeness (QED) is 0.510. The Balaban J connectivity index is 1.46. The minimum absolute atomic E-state index is 0.140. The summed E-state index contributed by atoms with van der Waals surface area (Å²) in [4.78, 5) is 20.3. The number of nitrogens with zero attached hydrogens (tertiary/aromatic N) is 4. The van der Waals surface area contributed by atoms with Gasteiger partial charge >= 0.3 is 0 Å². The molecule has 7 nitrogen and oxygen atoms in total. The van der Waals surface area contributed by atoms with E-state index in [1.807, 2.05) is 35.2 Å². The minimum Gasteiger partial charge on any atom is -0.380 e. The maximum Gasteiger partial charge on any atom is 0.219 e. The number of aromatic amines is 1. The number of piperidine rings is 1. The smallest absolute Gasteiger partial charge is 0.219 e. The highest BCUT2D eigenvalue weighted by Crippen LogP contribution is 2.50. The number of carbonyl (C=O) groups excluding carboxylic acids is 1. The number of nitrogens with one attached hydrogen (secondary N) is 1. The number of halogens is 1. The Morgan fingerprint density at radius 1 is 1.14 bits per heavy atom. The standard InChI is InChI=1S/C27H32BrN5O2/c1-18(34)33-10-8-19(9-11-33)24-13-25(31-30-24)20-12-22(15-29-14-20)27(35,26(2)16-32(3)17-26)21-4-6-23(28)7-5-21/h4-7,12-15,19,35H,8-11,16-17H2,1-3H3,(H,30,31)/t27-/m0/s1. The maximum absolute atomic E-state index is 12.3. The Morgan fingerprint density at radius 2 is 1.83 bits per heavy atom. The first-order valence-corrected chi connectivity index (χ1v) is 12.9. The molecule has 0 saturated carbocycles. The molecule has 1 aromatic carbocycles. The second-order valence-corrected chi connectivity index (χ2v) is 11.3. The van der Waals surface area contributed by atoms with Crippen molar-refractivity contribution in [2.45, 2.75) is 38.2 Å². The molecule has 0 radical (unpaired) electrons. The van der Waals surface area contributed by atoms with E-state index in [9.17, 15) is 9.90 Å². The lowest BCUT2D eigenvalue weighted by Crippen LogP contribution is -2.63. The fourth-order valence-corrected chi connectivity index (χ4v) is 6.17. The number of hydrogen-bond acceptors (Lipinski definition) is 5. The van der Waals surface area contributed by atoms with Crippen LogP contribution in [-0.2, 0) is 10.4 Å². The summed E-state index contributed by atoms with van der Waals surface area (Å²) in [5, 5.41) is 20.2. The monoisotopic (exact) mass is 537 g/mol. The second-order valence-electron chi connectivity index (χ2n) is 10.4. The van der Waals surface area contributed by atoms with Crippen LogP contribution in [0.3, 0.4) is 0 Å². The molecule has 2 aliphatic rings. The van der Waals surface area contributed by atoms with Crippen molar-refractivity contribution in [3.8, 4) is 11.3 Å². The number of aromatic nitrogens is 3. The number of likely N-dealkylation sites (tertiary alicyclic amines) is 2. The zero-order valence-corrected chi connectivity index (χ0v) is 22.0. The molecule has 5 rings (SSSR count). The minimum atomic E-state index is -1.19. The van der Waals surface area contributed by atoms with Gasteiger partial charge in [-0.15, -0.1) is 0 Å². The van der Waals surface area contributed by atoms with Crippen molar-refractivity contribution >= 4 is 21.8 Å². The van der Waals surface area contributed by atoms with Crippen molar-refractivity contribution in [1.82, 2.24) is 25.0 Å². The number of amides is 1. The van der Waals surface area contributed by atoms with Gasteiger partial charge in [-0.25, -0.2) is 0 Å². The fourth-order valence-electron chi connectivity index (χ4n) is 5.91. The molecule has 0 spiro atoms. The second kappa shape index (κ2) is 9.15. The van der Waals surface area contributed by atoms with Crippen LogP contribution >= 0.6 is 15.9 Å². The molecule has 2 saturated heterocycles. The molecule has 2 aromatic heterocycles. The van der Waals surface area contributed by atoms with E-state index in [0.29, 0.717) is 5.92 Å². The van der Waals surface area contributed by atoms with E-state index < -0.39 is 5.60 Å². The van der Waals surface area contributed by atoms with Crippen molar-refractivity contribution in [1.29, 1.82) is 0 Å². The molecule has 8 heteroatoms. The lowest BCUT2D eigenvalue weighted by Gasteiger charge is -2.55. The maximum atomic E-state index is 12.3. The summed E-state index contributed by atoms with van der Waals surface area (Å²) in [5.74, 6) is 0.494. The highest BCUT2D eigenvalue weighted by atomic mass is 79.9. The molecular weight excluding hydrogens is 506 g/mol. The van der Waals surface area contributed by atoms with Gasteiger partial charge in [-0.3, -0.25) is 14.9 Å². The van der Waals surface area contributed by atoms with E-state index in [0.717, 1.165) is 71.6 Å². The molecule has 1 atom stereocenters. The third-order valence-electron chi connectivity index (χ3n) is 7.80. The predicted octanol–water partition coefficient (Wildman–Crippen LogP) is 4.15. The molecule has 2 N–H and O–H groups in total. The van der Waals surface area contributed by atoms with Gasteiger partial charge in [0.2, 0.25) is 5.91 Å². The third-order valence-corrected chi connectivity index (χ3v) is 8.33. The predicted molar refractivity (Wildman–Crippen MR) is 139 cm³/mol. The number of hydrogen-bond donors (Lipinski definition) is 2. The molecule has 2 aliphatic heterocycles. The lowest BCUT2D eigenvalue weighted by atomic mass is 9.62. The molecule has 184 valence electrons. The lowest BCUT2D eigenvalue weighted by molar-refractivity contribution is -0.129. The molecule has 0 aliphatic carbocycles. The van der Waals surface area contributed by atoms with Gasteiger partial charge in [0.25, 0.3) is 0 Å². The van der Waals surface area contributed by atoms with Gasteiger partial charge in [0, 0.05) is 78.1 Å². The molecule has 2 fully saturated rings. The van der Waals surface area contributed by atoms with E-state index in [-0.39, 0.29) is 11.3 Å². The molecule has 4 heterocycles. The summed E-state index contributed by atoms with van der Waals surface area (Å²) in [7, 11) is 2.07. The van der Waals surface area contributed by atoms with Crippen molar-refractivity contribution in [3.63, 3.8) is 0 Å². The van der Waals surface area contributed by atoms with E-state index in [2.05, 4.69) is 56.0 Å². The van der Waals surface area contributed by atoms with Gasteiger partial charge in [0.05, 0.1) is 5.69 Å². The largest absolute Gasteiger partial charge is 0.380 e. The summed E-state index contributed by atoms with van der Waals surface area (Å²) in [6, 6.07) is 12.0. The zero-order chi connectivity index (χ0) is 24.8. The number of pyridine rings is 1. The highest BCUT2D eigenvalue weighted by molar-refractivity contribution is 9.10. The number of rotatable bonds is 5. The normalized spacial score (nSPS) is 20.3. The zero-order valence-electron chi connectivity index (χ0n) is 20.5. The molecular formula is C27H32BrN5O2. The molecule has 35 heavy (non-hydrogen) atoms. The van der Waals surface area contributed by atoms with Crippen LogP contribution in [0, 0.1) is 5.41 Å². The van der Waals surface area contributed by atoms with Gasteiger partial charge < -0.3 is 14.9 Å². The van der Waals surface area contributed by atoms with E-state index >= 15 is 0 Å². The molecule has 0 unspecified atom stereocenters. The van der Waals surface area contributed by atoms with Crippen LogP contribution < -0.4 is 0 Å². The summed E-state index contributed by atoms with van der Waals surface area (Å²) >= 11 is 3.51. The average molecular weight is 538 g/mol. The molecule has 1 amide bonds. The first kappa shape index (κ1) is 24.2. The molecule has 0 bridgehead atoms. The number of H-pyrrole nitrogens is 1. The Morgan fingerprint density at radius 3 is 2.46 bits per heavy atom. The topological polar surface area (TPSA) is 85.3 Å². The van der Waals surface area contributed by atoms with Crippen molar-refractivity contribution in [2.75, 3.05) is 33.2 Å². The van der Waals surface area contributed by atoms with Gasteiger partial charge in [0.1, 0.15) is 5.60 Å². The number of carbonyl (C=O) groups is 1. The fraction of sp³-hybridized carbons (Fsp3) is 0.444. The summed E-state index contributed by atoms with van der Waals surface area (Å²) in [5.41, 5.74) is 2.86. The van der Waals surface area contributed by atoms with Crippen LogP contribution in [0.1, 0.15) is 49.4 Å². The summed E-state index contributed by atoms with van der Waals surface area (Å²) < 4.78 is 0.976. The van der Waals surface area contributed by atoms with Crippen molar-refractivity contribution < 1.29 is 9.90 Å². The molecule has 3 aromatic rings. The van der Waals surface area contributed by atoms with E-state index in [1.165, 1.54) is 0 Å². The van der Waals surface area contributed by atoms with Crippen molar-refractivity contribution in [2.24, 2.45) is 5.41 Å². The van der Waals surface area contributed by atoms with Crippen LogP contribution in [0.4, 0.5) is 0 Å². The van der Waals surface area contributed by atoms with Gasteiger partial charge in [0.15, 0.2) is 0 Å². The first-order chi connectivity index (χ1) is 16.7. The Labute approximate surface area is 214 Å². The summed E-state index contributed by atoms with van der Waals surface area (Å²) in [6.45, 7) is 6.90. The van der Waals surface area contributed by atoms with Gasteiger partial charge in [-0.1, -0.05) is 35.0 Å². The average Bonchev–Trinajstić information content (AvgIpc) is 3.34. The van der Waals surface area contributed by atoms with Crippen molar-refractivity contribution in [3.05, 3.63) is 70.1 Å². The van der Waals surface area contributed by atoms with Crippen LogP contribution in [0.15, 0.2) is 53.3 Å². The van der Waals surface area contributed by atoms with E-state index in [4.69, 9.17) is 0 Å². The third kappa shape index (κ3) is 4.32. The Bertz CT molecular complexity index is 1210.